The van der Waals surface area contributed by atoms with Gasteiger partial charge in [-0.2, -0.15) is 0 Å². The van der Waals surface area contributed by atoms with Crippen LogP contribution in [-0.2, 0) is 86.7 Å². The van der Waals surface area contributed by atoms with E-state index in [0.29, 0.717) is 113 Å². The molecule has 638 valence electrons. The van der Waals surface area contributed by atoms with E-state index in [1.54, 1.807) is 95.7 Å². The van der Waals surface area contributed by atoms with Crippen molar-refractivity contribution in [3.8, 4) is 0 Å². The molecule has 119 heavy (non-hydrogen) atoms. The highest BCUT2D eigenvalue weighted by molar-refractivity contribution is 8.14. The lowest BCUT2D eigenvalue weighted by Crippen LogP contribution is -2.44. The van der Waals surface area contributed by atoms with Gasteiger partial charge in [-0.15, -0.1) is 0 Å². The number of nitrogens with zero attached hydrogens (tertiary/aromatic N) is 3. The number of H-pyrrole nitrogens is 3. The summed E-state index contributed by atoms with van der Waals surface area (Å²) < 4.78 is 93.3. The Balaban J connectivity index is 0.000000181. The molecule has 14 rings (SSSR count). The van der Waals surface area contributed by atoms with Gasteiger partial charge in [-0.1, -0.05) is 96.3 Å². The average molecular weight is 1690 g/mol. The minimum atomic E-state index is -0.768. The molecule has 13 heterocycles. The number of benzene rings is 1. The summed E-state index contributed by atoms with van der Waals surface area (Å²) >= 11 is 6.53. The summed E-state index contributed by atoms with van der Waals surface area (Å²) in [6.07, 6.45) is 8.53. The molecule has 0 saturated heterocycles. The number of ether oxygens (including phenoxy) is 11. The van der Waals surface area contributed by atoms with Gasteiger partial charge in [-0.25, -0.2) is 19.2 Å². The van der Waals surface area contributed by atoms with Crippen LogP contribution in [0, 0.1) is 11.8 Å². The number of ketones is 1. The number of aromatic nitrogens is 6. The zero-order chi connectivity index (χ0) is 85.0. The molecule has 1 aliphatic rings. The van der Waals surface area contributed by atoms with Crippen LogP contribution >= 0.6 is 23.4 Å². The van der Waals surface area contributed by atoms with Crippen molar-refractivity contribution < 1.29 is 122 Å². The van der Waals surface area contributed by atoms with Crippen molar-refractivity contribution in [1.29, 1.82) is 0 Å². The smallest absolute Gasteiger partial charge is 0.358 e. The number of rotatable bonds is 32. The Kier molecular flexibility index (Phi) is 35.2. The number of alkyl halides is 1. The van der Waals surface area contributed by atoms with Crippen molar-refractivity contribution in [2.45, 2.75) is 108 Å². The number of fused-ring (bicyclic) bond motifs is 7. The molecule has 13 aromatic rings. The van der Waals surface area contributed by atoms with E-state index in [1.165, 1.54) is 55.7 Å². The van der Waals surface area contributed by atoms with E-state index in [4.69, 9.17) is 92.2 Å². The maximum absolute atomic E-state index is 12.2. The van der Waals surface area contributed by atoms with E-state index >= 15 is 0 Å². The second kappa shape index (κ2) is 45.4. The first-order valence-corrected chi connectivity index (χ1v) is 38.5. The lowest BCUT2D eigenvalue weighted by molar-refractivity contribution is -0.149. The predicted octanol–water partition coefficient (Wildman–Crippen LogP) is 14.4. The van der Waals surface area contributed by atoms with Crippen LogP contribution in [0.5, 0.6) is 0 Å². The summed E-state index contributed by atoms with van der Waals surface area (Å²) in [6, 6.07) is 27.5. The fourth-order valence-electron chi connectivity index (χ4n) is 11.1. The van der Waals surface area contributed by atoms with Gasteiger partial charge in [0.05, 0.1) is 141 Å². The SMILES string of the molecule is C.C=C1OC(OC(=O)c2cc3occc3[nH]2)c2ccccc21.CC(=O)OCOC(=O)c1cc2occc2n1COC(C)=O.CC(=O)c1cc2occc2n1COCCOC[C@H](N)C(C)C.CCOC(=O)c1cc2occc2n1COCCOC[C@H](NC(=O)CN)C(C)C.CCSC(=O)c1cc2occc2[nH]1.O=C(OCCl)c1cc2occc2[nH]1. The predicted molar refractivity (Wildman–Crippen MR) is 436 cm³/mol. The number of thioether (sulfide) groups is 1. The van der Waals surface area contributed by atoms with Gasteiger partial charge < -0.3 is 119 Å². The highest BCUT2D eigenvalue weighted by atomic mass is 35.5. The molecule has 0 aliphatic carbocycles. The minimum absolute atomic E-state index is 0. The highest BCUT2D eigenvalue weighted by Crippen LogP contribution is 2.39. The standard InChI is InChI=1S/C19H29N3O6.C16H24N2O4.C16H11NO4.C13H13NO7.C9H9NO2S.C8H6ClNO3.CH4/c1-4-27-19(24)16-9-17-15(5-6-28-17)22(16)12-26-8-7-25-11-14(13(2)3)21-18(23)10-20;1-11(2)13(17)9-20-6-7-21-10-18-14-4-5-22-16(14)8-15(18)12(3)19;1-9-10-4-2-3-5-11(10)16(20-9)21-15(18)13-8-14-12(17-13)6-7-19-14;1-8(15)19-6-14-10-3-4-18-12(10)5-11(14)13(17)21-7-20-9(2)16;1-2-13-9(11)7-5-8-6(10-7)3-4-12-8;9-4-13-8(11)6-3-7-5(10-6)1-2-12-7;/h5-6,9,13-14H,4,7-8,10-12,20H2,1-3H3,(H,21,23);4-5,8,11,13H,6-7,9-10,17H2,1-3H3;2-8,16-17H,1H2;3-5H,6-7H2,1-2H3;3-5,10H,2H2,1H3;1-3,10H,4H2;1H4/t14-;13-;;;;;/m00...../s1. The van der Waals surface area contributed by atoms with Gasteiger partial charge in [-0.05, 0) is 24.5 Å². The first-order chi connectivity index (χ1) is 56.8. The molecule has 8 N–H and O–H groups in total. The number of hydrogen-bond donors (Lipinski definition) is 6. The van der Waals surface area contributed by atoms with Crippen molar-refractivity contribution in [3.05, 3.63) is 187 Å². The quantitative estimate of drug-likeness (QED) is 0.00569. The average Bonchev–Trinajstić information content (AvgIpc) is 1.65. The van der Waals surface area contributed by atoms with Gasteiger partial charge in [0, 0.05) is 111 Å². The monoisotopic (exact) mass is 1690 g/mol. The fourth-order valence-corrected chi connectivity index (χ4v) is 11.7. The van der Waals surface area contributed by atoms with Gasteiger partial charge in [0.15, 0.2) is 52.1 Å². The molecule has 12 aromatic heterocycles. The van der Waals surface area contributed by atoms with Gasteiger partial charge >= 0.3 is 35.8 Å². The third kappa shape index (κ3) is 25.6. The Morgan fingerprint density at radius 1 is 0.538 bits per heavy atom. The third-order valence-corrected chi connectivity index (χ3v) is 18.2. The van der Waals surface area contributed by atoms with Crippen LogP contribution in [0.3, 0.4) is 0 Å². The summed E-state index contributed by atoms with van der Waals surface area (Å²) in [6.45, 7) is 22.2. The van der Waals surface area contributed by atoms with Crippen molar-refractivity contribution >= 4 is 148 Å². The minimum Gasteiger partial charge on any atom is -0.463 e. The lowest BCUT2D eigenvalue weighted by atomic mass is 10.1. The maximum atomic E-state index is 12.2. The topological polar surface area (TPSA) is 460 Å². The van der Waals surface area contributed by atoms with Gasteiger partial charge in [-0.3, -0.25) is 28.5 Å². The number of hydrogen-bond acceptors (Lipinski definition) is 29. The Labute approximate surface area is 690 Å². The van der Waals surface area contributed by atoms with E-state index in [9.17, 15) is 43.2 Å². The van der Waals surface area contributed by atoms with Gasteiger partial charge in [0.2, 0.25) is 17.8 Å². The maximum Gasteiger partial charge on any atom is 0.358 e. The Morgan fingerprint density at radius 2 is 1.00 bits per heavy atom. The normalized spacial score (nSPS) is 12.5. The summed E-state index contributed by atoms with van der Waals surface area (Å²) in [5, 5.41) is 2.90. The largest absolute Gasteiger partial charge is 0.463 e. The molecule has 35 nitrogen and oxygen atoms in total. The molecule has 1 unspecified atom stereocenters. The number of carbonyl (C=O) groups is 9. The first-order valence-electron chi connectivity index (χ1n) is 36.9. The van der Waals surface area contributed by atoms with Crippen molar-refractivity contribution in [2.24, 2.45) is 23.3 Å². The number of nitrogens with one attached hydrogen (secondary N) is 4. The third-order valence-electron chi connectivity index (χ3n) is 17.3. The van der Waals surface area contributed by atoms with Crippen LogP contribution in [0.2, 0.25) is 0 Å². The fraction of sp³-hybridized carbons (Fsp3) is 0.354. The van der Waals surface area contributed by atoms with Crippen molar-refractivity contribution in [2.75, 3.05) is 71.4 Å². The zero-order valence-corrected chi connectivity index (χ0v) is 67.7. The number of amides is 1. The van der Waals surface area contributed by atoms with Crippen molar-refractivity contribution in [3.63, 3.8) is 0 Å². The summed E-state index contributed by atoms with van der Waals surface area (Å²) in [7, 11) is 0. The Morgan fingerprint density at radius 3 is 1.49 bits per heavy atom. The first kappa shape index (κ1) is 92.2. The van der Waals surface area contributed by atoms with Crippen LogP contribution in [0.4, 0.5) is 0 Å². The molecule has 1 aliphatic heterocycles. The number of Topliss-reactive ketones (excluding diaryl/α,β-unsaturated/α-hetero) is 1. The van der Waals surface area contributed by atoms with E-state index in [2.05, 4.69) is 50.2 Å². The van der Waals surface area contributed by atoms with E-state index in [-0.39, 0.29) is 87.3 Å². The molecule has 1 aromatic carbocycles. The number of carbonyl (C=O) groups excluding carboxylic acids is 9. The molecule has 0 radical (unpaired) electrons. The van der Waals surface area contributed by atoms with Gasteiger partial charge in [0.25, 0.3) is 6.29 Å². The number of furan rings is 6. The molecule has 1 amide bonds. The second-order valence-corrected chi connectivity index (χ2v) is 27.6. The number of esters is 6. The Hall–Kier alpha value is -12.3. The summed E-state index contributed by atoms with van der Waals surface area (Å²) in [5.74, 6) is -1.51. The Bertz CT molecular complexity index is 5320. The number of aromatic amines is 3. The molecular weight excluding hydrogens is 1590 g/mol. The molecule has 37 heteroatoms. The molecule has 0 fully saturated rings. The molecule has 0 bridgehead atoms. The van der Waals surface area contributed by atoms with E-state index in [1.807, 2.05) is 57.2 Å². The van der Waals surface area contributed by atoms with E-state index in [0.717, 1.165) is 50.0 Å². The summed E-state index contributed by atoms with van der Waals surface area (Å²) in [5.41, 5.74) is 23.5. The molecule has 3 atom stereocenters. The van der Waals surface area contributed by atoms with Crippen LogP contribution in [0.15, 0.2) is 168 Å². The molecule has 0 spiro atoms. The van der Waals surface area contributed by atoms with Crippen LogP contribution in [-0.4, -0.2) is 165 Å². The van der Waals surface area contributed by atoms with E-state index < -0.39 is 48.9 Å². The van der Waals surface area contributed by atoms with Crippen LogP contribution in [0.25, 0.3) is 72.4 Å². The van der Waals surface area contributed by atoms with Gasteiger partial charge in [0.1, 0.15) is 42.0 Å². The van der Waals surface area contributed by atoms with Crippen molar-refractivity contribution in [1.82, 2.24) is 34.0 Å². The highest BCUT2D eigenvalue weighted by Gasteiger charge is 2.31. The molecule has 0 saturated carbocycles. The number of halogens is 1. The number of nitrogens with two attached hydrogens (primary N) is 2. The van der Waals surface area contributed by atoms with Crippen LogP contribution in [0.1, 0.15) is 150 Å². The molecular formula is C82H96ClN9O26S. The second-order valence-electron chi connectivity index (χ2n) is 26.1. The zero-order valence-electron chi connectivity index (χ0n) is 66.1. The van der Waals surface area contributed by atoms with Crippen LogP contribution < -0.4 is 16.8 Å². The summed E-state index contributed by atoms with van der Waals surface area (Å²) in [4.78, 5) is 112. The lowest BCUT2D eigenvalue weighted by Gasteiger charge is -2.22.